The second-order valence-electron chi connectivity index (χ2n) is 5.74. The molecule has 0 bridgehead atoms. The fourth-order valence-electron chi connectivity index (χ4n) is 3.13. The monoisotopic (exact) mass is 358 g/mol. The van der Waals surface area contributed by atoms with Gasteiger partial charge in [0.2, 0.25) is 0 Å². The summed E-state index contributed by atoms with van der Waals surface area (Å²) in [5, 5.41) is 14.4. The molecule has 0 amide bonds. The number of ether oxygens (including phenoxy) is 1. The molecule has 2 N–H and O–H groups in total. The molecular formula is C18H18N2O4S. The summed E-state index contributed by atoms with van der Waals surface area (Å²) in [6.45, 7) is 1.34. The lowest BCUT2D eigenvalue weighted by Gasteiger charge is -2.33. The molecule has 0 radical (unpaired) electrons. The lowest BCUT2D eigenvalue weighted by atomic mass is 9.77. The topological polar surface area (TPSA) is 88.5 Å². The van der Waals surface area contributed by atoms with Crippen LogP contribution in [0.1, 0.15) is 17.9 Å². The van der Waals surface area contributed by atoms with Crippen LogP contribution in [0.3, 0.4) is 0 Å². The Balaban J connectivity index is 1.90. The van der Waals surface area contributed by atoms with E-state index >= 15 is 0 Å². The Morgan fingerprint density at radius 1 is 1.32 bits per heavy atom. The molecule has 0 spiro atoms. The number of rotatable bonds is 5. The number of nitrogens with one attached hydrogen (secondary N) is 1. The van der Waals surface area contributed by atoms with Crippen LogP contribution in [0.15, 0.2) is 53.6 Å². The number of esters is 1. The van der Waals surface area contributed by atoms with Crippen LogP contribution in [0.2, 0.25) is 0 Å². The molecule has 3 rings (SSSR count). The lowest BCUT2D eigenvalue weighted by molar-refractivity contribution is -0.134. The van der Waals surface area contributed by atoms with Gasteiger partial charge >= 0.3 is 11.9 Å². The standard InChI is InChI=1S/C18H18N2O4S/c21-16(22)10-14(17(23)24-18-20-8-9-25-18)15-11-19-7-6-13(15)12-4-2-1-3-5-12/h1-5,8-10,13,15,19H,6-7,11H2,(H,21,22)/b14-10+. The summed E-state index contributed by atoms with van der Waals surface area (Å²) in [6, 6.07) is 9.84. The molecule has 1 aromatic heterocycles. The van der Waals surface area contributed by atoms with E-state index in [0.29, 0.717) is 6.54 Å². The first kappa shape index (κ1) is 17.3. The van der Waals surface area contributed by atoms with E-state index in [-0.39, 0.29) is 22.6 Å². The Bertz CT molecular complexity index is 759. The first-order chi connectivity index (χ1) is 12.1. The van der Waals surface area contributed by atoms with Crippen molar-refractivity contribution in [3.63, 3.8) is 0 Å². The van der Waals surface area contributed by atoms with Gasteiger partial charge in [-0.2, -0.15) is 0 Å². The van der Waals surface area contributed by atoms with E-state index in [1.165, 1.54) is 17.5 Å². The number of carbonyl (C=O) groups is 2. The van der Waals surface area contributed by atoms with E-state index in [4.69, 9.17) is 4.74 Å². The van der Waals surface area contributed by atoms with Crippen molar-refractivity contribution in [2.75, 3.05) is 13.1 Å². The summed E-state index contributed by atoms with van der Waals surface area (Å²) >= 11 is 1.19. The molecule has 130 valence electrons. The second kappa shape index (κ2) is 8.04. The number of piperidine rings is 1. The summed E-state index contributed by atoms with van der Waals surface area (Å²) in [7, 11) is 0. The summed E-state index contributed by atoms with van der Waals surface area (Å²) in [5.41, 5.74) is 1.25. The maximum Gasteiger partial charge on any atom is 0.341 e. The largest absolute Gasteiger partial charge is 0.478 e. The number of aromatic nitrogens is 1. The normalized spacial score (nSPS) is 20.9. The quantitative estimate of drug-likeness (QED) is 0.630. The average molecular weight is 358 g/mol. The van der Waals surface area contributed by atoms with Crippen molar-refractivity contribution in [3.05, 3.63) is 59.1 Å². The van der Waals surface area contributed by atoms with Gasteiger partial charge in [0.25, 0.3) is 5.19 Å². The minimum absolute atomic E-state index is 0.0527. The number of carboxylic acid groups (broad SMARTS) is 1. The molecule has 0 aliphatic carbocycles. The molecular weight excluding hydrogens is 340 g/mol. The molecule has 2 unspecified atom stereocenters. The van der Waals surface area contributed by atoms with Crippen LogP contribution in [0.4, 0.5) is 0 Å². The van der Waals surface area contributed by atoms with Gasteiger partial charge in [-0.15, -0.1) is 0 Å². The second-order valence-corrected chi connectivity index (χ2v) is 6.60. The lowest BCUT2D eigenvalue weighted by Crippen LogP contribution is -2.39. The van der Waals surface area contributed by atoms with Crippen LogP contribution in [0, 0.1) is 5.92 Å². The summed E-state index contributed by atoms with van der Waals surface area (Å²) in [5.74, 6) is -2.05. The third kappa shape index (κ3) is 4.32. The van der Waals surface area contributed by atoms with Crippen molar-refractivity contribution in [2.45, 2.75) is 12.3 Å². The predicted octanol–water partition coefficient (Wildman–Crippen LogP) is 2.45. The number of nitrogens with zero attached hydrogens (tertiary/aromatic N) is 1. The van der Waals surface area contributed by atoms with Crippen LogP contribution in [0.25, 0.3) is 0 Å². The molecule has 1 aliphatic heterocycles. The van der Waals surface area contributed by atoms with E-state index in [9.17, 15) is 14.7 Å². The number of aliphatic carboxylic acids is 1. The Morgan fingerprint density at radius 3 is 2.80 bits per heavy atom. The van der Waals surface area contributed by atoms with Gasteiger partial charge in [0.05, 0.1) is 0 Å². The highest BCUT2D eigenvalue weighted by Crippen LogP contribution is 2.35. The Labute approximate surface area is 149 Å². The molecule has 25 heavy (non-hydrogen) atoms. The highest BCUT2D eigenvalue weighted by Gasteiger charge is 2.34. The molecule has 2 atom stereocenters. The first-order valence-corrected chi connectivity index (χ1v) is 8.85. The maximum absolute atomic E-state index is 12.6. The first-order valence-electron chi connectivity index (χ1n) is 7.97. The van der Waals surface area contributed by atoms with Crippen LogP contribution < -0.4 is 10.1 Å². The van der Waals surface area contributed by atoms with E-state index in [0.717, 1.165) is 24.6 Å². The molecule has 1 aliphatic rings. The zero-order valence-corrected chi connectivity index (χ0v) is 14.2. The van der Waals surface area contributed by atoms with Crippen LogP contribution in [-0.4, -0.2) is 35.1 Å². The van der Waals surface area contributed by atoms with Gasteiger partial charge in [0, 0.05) is 35.7 Å². The number of benzene rings is 1. The number of thiazole rings is 1. The Hall–Kier alpha value is -2.51. The van der Waals surface area contributed by atoms with Crippen molar-refractivity contribution in [3.8, 4) is 5.19 Å². The Kier molecular flexibility index (Phi) is 5.57. The highest BCUT2D eigenvalue weighted by atomic mass is 32.1. The predicted molar refractivity (Wildman–Crippen MR) is 93.6 cm³/mol. The number of hydrogen-bond donors (Lipinski definition) is 2. The average Bonchev–Trinajstić information content (AvgIpc) is 3.13. The van der Waals surface area contributed by atoms with Crippen LogP contribution in [-0.2, 0) is 9.59 Å². The molecule has 6 nitrogen and oxygen atoms in total. The molecule has 0 saturated carbocycles. The van der Waals surface area contributed by atoms with Crippen molar-refractivity contribution in [1.29, 1.82) is 0 Å². The summed E-state index contributed by atoms with van der Waals surface area (Å²) in [6.07, 6.45) is 3.31. The van der Waals surface area contributed by atoms with Gasteiger partial charge in [-0.1, -0.05) is 41.7 Å². The maximum atomic E-state index is 12.6. The van der Waals surface area contributed by atoms with E-state index in [1.807, 2.05) is 30.3 Å². The van der Waals surface area contributed by atoms with Gasteiger partial charge in [0.15, 0.2) is 0 Å². The van der Waals surface area contributed by atoms with Crippen molar-refractivity contribution < 1.29 is 19.4 Å². The van der Waals surface area contributed by atoms with Crippen LogP contribution in [0.5, 0.6) is 5.19 Å². The molecule has 1 aromatic carbocycles. The third-order valence-electron chi connectivity index (χ3n) is 4.21. The van der Waals surface area contributed by atoms with Gasteiger partial charge < -0.3 is 15.2 Å². The minimum atomic E-state index is -1.16. The van der Waals surface area contributed by atoms with Crippen molar-refractivity contribution >= 4 is 23.3 Å². The zero-order chi connectivity index (χ0) is 17.6. The fourth-order valence-corrected chi connectivity index (χ4v) is 3.62. The number of hydrogen-bond acceptors (Lipinski definition) is 6. The van der Waals surface area contributed by atoms with Crippen molar-refractivity contribution in [1.82, 2.24) is 10.3 Å². The van der Waals surface area contributed by atoms with Gasteiger partial charge in [-0.3, -0.25) is 0 Å². The highest BCUT2D eigenvalue weighted by molar-refractivity contribution is 7.11. The molecule has 7 heteroatoms. The van der Waals surface area contributed by atoms with Crippen LogP contribution >= 0.6 is 11.3 Å². The van der Waals surface area contributed by atoms with E-state index in [1.54, 1.807) is 5.38 Å². The molecule has 1 saturated heterocycles. The van der Waals surface area contributed by atoms with Gasteiger partial charge in [-0.25, -0.2) is 14.6 Å². The summed E-state index contributed by atoms with van der Waals surface area (Å²) in [4.78, 5) is 27.8. The Morgan fingerprint density at radius 2 is 2.12 bits per heavy atom. The van der Waals surface area contributed by atoms with E-state index in [2.05, 4.69) is 10.3 Å². The SMILES string of the molecule is O=C(O)/C=C(/C(=O)Oc1nccs1)C1CNCCC1c1ccccc1. The fraction of sp³-hybridized carbons (Fsp3) is 0.278. The smallest absolute Gasteiger partial charge is 0.341 e. The van der Waals surface area contributed by atoms with E-state index < -0.39 is 11.9 Å². The molecule has 1 fully saturated rings. The van der Waals surface area contributed by atoms with Crippen molar-refractivity contribution in [2.24, 2.45) is 5.92 Å². The number of carbonyl (C=O) groups excluding carboxylic acids is 1. The summed E-state index contributed by atoms with van der Waals surface area (Å²) < 4.78 is 5.26. The molecule has 2 aromatic rings. The zero-order valence-electron chi connectivity index (χ0n) is 13.4. The van der Waals surface area contributed by atoms with Gasteiger partial charge in [0.1, 0.15) is 0 Å². The minimum Gasteiger partial charge on any atom is -0.478 e. The third-order valence-corrected chi connectivity index (χ3v) is 4.86. The van der Waals surface area contributed by atoms with Gasteiger partial charge in [-0.05, 0) is 24.4 Å². The molecule has 2 heterocycles. The number of carboxylic acids is 1.